The van der Waals surface area contributed by atoms with E-state index in [4.69, 9.17) is 0 Å². The van der Waals surface area contributed by atoms with E-state index < -0.39 is 0 Å². The molecule has 1 aliphatic rings. The Bertz CT molecular complexity index is 1070. The molecule has 0 saturated carbocycles. The first-order valence-corrected chi connectivity index (χ1v) is 8.95. The molecular formula is C21H19FN4O2. The number of benzene rings is 2. The Morgan fingerprint density at radius 1 is 1.11 bits per heavy atom. The maximum atomic E-state index is 13.1. The highest BCUT2D eigenvalue weighted by atomic mass is 19.1. The summed E-state index contributed by atoms with van der Waals surface area (Å²) in [6, 6.07) is 13.2. The SMILES string of the molecule is CC(=O)N1CCc2ccc(NC(=O)c3cc(-c4ccc(F)cc4)nn3C)cc21. The second kappa shape index (κ2) is 6.92. The highest BCUT2D eigenvalue weighted by molar-refractivity contribution is 6.04. The summed E-state index contributed by atoms with van der Waals surface area (Å²) in [5.74, 6) is -0.651. The second-order valence-electron chi connectivity index (χ2n) is 6.76. The van der Waals surface area contributed by atoms with Crippen molar-refractivity contribution in [3.05, 3.63) is 65.6 Å². The van der Waals surface area contributed by atoms with Crippen LogP contribution in [0.3, 0.4) is 0 Å². The molecule has 3 aromatic rings. The Morgan fingerprint density at radius 3 is 2.57 bits per heavy atom. The lowest BCUT2D eigenvalue weighted by Gasteiger charge is -2.15. The number of aromatic nitrogens is 2. The molecule has 28 heavy (non-hydrogen) atoms. The highest BCUT2D eigenvalue weighted by Crippen LogP contribution is 2.31. The Labute approximate surface area is 161 Å². The van der Waals surface area contributed by atoms with Crippen LogP contribution in [-0.4, -0.2) is 28.1 Å². The normalized spacial score (nSPS) is 12.8. The molecular weight excluding hydrogens is 359 g/mol. The summed E-state index contributed by atoms with van der Waals surface area (Å²) in [7, 11) is 1.68. The minimum Gasteiger partial charge on any atom is -0.321 e. The van der Waals surface area contributed by atoms with Crippen LogP contribution in [-0.2, 0) is 18.3 Å². The number of hydrogen-bond donors (Lipinski definition) is 1. The van der Waals surface area contributed by atoms with Crippen LogP contribution >= 0.6 is 0 Å². The average molecular weight is 378 g/mol. The van der Waals surface area contributed by atoms with Gasteiger partial charge in [0.1, 0.15) is 11.5 Å². The van der Waals surface area contributed by atoms with Gasteiger partial charge in [-0.25, -0.2) is 4.39 Å². The number of carbonyl (C=O) groups is 2. The number of anilines is 2. The van der Waals surface area contributed by atoms with Crippen molar-refractivity contribution in [2.75, 3.05) is 16.8 Å². The predicted molar refractivity (Wildman–Crippen MR) is 105 cm³/mol. The number of aryl methyl sites for hydroxylation is 1. The van der Waals surface area contributed by atoms with E-state index in [0.717, 1.165) is 23.2 Å². The summed E-state index contributed by atoms with van der Waals surface area (Å²) >= 11 is 0. The van der Waals surface area contributed by atoms with Gasteiger partial charge < -0.3 is 10.2 Å². The summed E-state index contributed by atoms with van der Waals surface area (Å²) < 4.78 is 14.6. The monoisotopic (exact) mass is 378 g/mol. The van der Waals surface area contributed by atoms with Gasteiger partial charge in [0, 0.05) is 37.5 Å². The van der Waals surface area contributed by atoms with Crippen molar-refractivity contribution in [3.63, 3.8) is 0 Å². The number of amides is 2. The zero-order valence-electron chi connectivity index (χ0n) is 15.6. The van der Waals surface area contributed by atoms with Crippen LogP contribution in [0.5, 0.6) is 0 Å². The molecule has 2 aromatic carbocycles. The third kappa shape index (κ3) is 3.26. The van der Waals surface area contributed by atoms with Gasteiger partial charge in [-0.2, -0.15) is 5.10 Å². The van der Waals surface area contributed by atoms with Gasteiger partial charge in [0.25, 0.3) is 5.91 Å². The zero-order valence-corrected chi connectivity index (χ0v) is 15.6. The van der Waals surface area contributed by atoms with Gasteiger partial charge in [-0.15, -0.1) is 0 Å². The van der Waals surface area contributed by atoms with Crippen LogP contribution in [0.2, 0.25) is 0 Å². The average Bonchev–Trinajstić information content (AvgIpc) is 3.25. The predicted octanol–water partition coefficient (Wildman–Crippen LogP) is 3.39. The number of nitrogens with one attached hydrogen (secondary N) is 1. The first-order chi connectivity index (χ1) is 13.4. The van der Waals surface area contributed by atoms with Crippen molar-refractivity contribution in [2.24, 2.45) is 7.05 Å². The molecule has 4 rings (SSSR count). The van der Waals surface area contributed by atoms with E-state index in [1.807, 2.05) is 18.2 Å². The van der Waals surface area contributed by atoms with Crippen molar-refractivity contribution in [1.82, 2.24) is 9.78 Å². The van der Waals surface area contributed by atoms with E-state index in [1.165, 1.54) is 23.7 Å². The molecule has 0 saturated heterocycles. The van der Waals surface area contributed by atoms with Crippen molar-refractivity contribution in [3.8, 4) is 11.3 Å². The van der Waals surface area contributed by atoms with E-state index >= 15 is 0 Å². The van der Waals surface area contributed by atoms with Gasteiger partial charge in [0.2, 0.25) is 5.91 Å². The lowest BCUT2D eigenvalue weighted by molar-refractivity contribution is -0.116. The molecule has 0 spiro atoms. The van der Waals surface area contributed by atoms with Crippen LogP contribution < -0.4 is 10.2 Å². The topological polar surface area (TPSA) is 67.2 Å². The highest BCUT2D eigenvalue weighted by Gasteiger charge is 2.23. The van der Waals surface area contributed by atoms with Gasteiger partial charge in [-0.05, 0) is 54.4 Å². The van der Waals surface area contributed by atoms with Gasteiger partial charge in [0.05, 0.1) is 5.69 Å². The third-order valence-electron chi connectivity index (χ3n) is 4.87. The molecule has 1 aromatic heterocycles. The van der Waals surface area contributed by atoms with Crippen LogP contribution in [0.25, 0.3) is 11.3 Å². The van der Waals surface area contributed by atoms with Gasteiger partial charge in [-0.3, -0.25) is 14.3 Å². The summed E-state index contributed by atoms with van der Waals surface area (Å²) in [5, 5.41) is 7.21. The first kappa shape index (κ1) is 17.9. The number of nitrogens with zero attached hydrogens (tertiary/aromatic N) is 3. The van der Waals surface area contributed by atoms with Crippen molar-refractivity contribution < 1.29 is 14.0 Å². The molecule has 1 aliphatic heterocycles. The minimum atomic E-state index is -0.325. The van der Waals surface area contributed by atoms with E-state index in [9.17, 15) is 14.0 Å². The number of fused-ring (bicyclic) bond motifs is 1. The molecule has 0 aliphatic carbocycles. The largest absolute Gasteiger partial charge is 0.321 e. The molecule has 0 radical (unpaired) electrons. The van der Waals surface area contributed by atoms with Crippen LogP contribution in [0.1, 0.15) is 23.0 Å². The number of rotatable bonds is 3. The Hall–Kier alpha value is -3.48. The maximum absolute atomic E-state index is 13.1. The quantitative estimate of drug-likeness (QED) is 0.760. The Kier molecular flexibility index (Phi) is 4.43. The minimum absolute atomic E-state index is 0.0159. The van der Waals surface area contributed by atoms with E-state index in [0.29, 0.717) is 23.6 Å². The van der Waals surface area contributed by atoms with Crippen molar-refractivity contribution in [1.29, 1.82) is 0 Å². The molecule has 2 amide bonds. The first-order valence-electron chi connectivity index (χ1n) is 8.95. The third-order valence-corrected chi connectivity index (χ3v) is 4.87. The number of halogens is 1. The molecule has 6 nitrogen and oxygen atoms in total. The maximum Gasteiger partial charge on any atom is 0.273 e. The fourth-order valence-electron chi connectivity index (χ4n) is 3.42. The van der Waals surface area contributed by atoms with Gasteiger partial charge >= 0.3 is 0 Å². The van der Waals surface area contributed by atoms with Gasteiger partial charge in [-0.1, -0.05) is 6.07 Å². The summed E-state index contributed by atoms with van der Waals surface area (Å²) in [6.45, 7) is 2.19. The fraction of sp³-hybridized carbons (Fsp3) is 0.190. The van der Waals surface area contributed by atoms with E-state index in [-0.39, 0.29) is 17.6 Å². The summed E-state index contributed by atoms with van der Waals surface area (Å²) in [6.07, 6.45) is 0.811. The molecule has 0 fully saturated rings. The molecule has 1 N–H and O–H groups in total. The van der Waals surface area contributed by atoms with Crippen LogP contribution in [0.4, 0.5) is 15.8 Å². The zero-order chi connectivity index (χ0) is 19.8. The Balaban J connectivity index is 1.57. The second-order valence-corrected chi connectivity index (χ2v) is 6.76. The number of carbonyl (C=O) groups excluding carboxylic acids is 2. The summed E-state index contributed by atoms with van der Waals surface area (Å²) in [4.78, 5) is 26.2. The van der Waals surface area contributed by atoms with Gasteiger partial charge in [0.15, 0.2) is 0 Å². The number of hydrogen-bond acceptors (Lipinski definition) is 3. The Morgan fingerprint density at radius 2 is 1.86 bits per heavy atom. The molecule has 0 unspecified atom stereocenters. The van der Waals surface area contributed by atoms with Crippen LogP contribution in [0, 0.1) is 5.82 Å². The lowest BCUT2D eigenvalue weighted by Crippen LogP contribution is -2.25. The molecule has 7 heteroatoms. The van der Waals surface area contributed by atoms with Crippen molar-refractivity contribution in [2.45, 2.75) is 13.3 Å². The molecule has 2 heterocycles. The molecule has 0 bridgehead atoms. The van der Waals surface area contributed by atoms with Crippen molar-refractivity contribution >= 4 is 23.2 Å². The smallest absolute Gasteiger partial charge is 0.273 e. The molecule has 0 atom stereocenters. The van der Waals surface area contributed by atoms with Crippen LogP contribution in [0.15, 0.2) is 48.5 Å². The molecule has 142 valence electrons. The van der Waals surface area contributed by atoms with E-state index in [2.05, 4.69) is 10.4 Å². The summed E-state index contributed by atoms with van der Waals surface area (Å²) in [5.41, 5.74) is 4.23. The fourth-order valence-corrected chi connectivity index (χ4v) is 3.42. The lowest BCUT2D eigenvalue weighted by atomic mass is 10.1. The van der Waals surface area contributed by atoms with E-state index in [1.54, 1.807) is 30.1 Å². The standard InChI is InChI=1S/C21H19FN4O2/c1-13(27)26-10-9-15-5-8-17(11-19(15)26)23-21(28)20-12-18(24-25(20)2)14-3-6-16(22)7-4-14/h3-8,11-12H,9-10H2,1-2H3,(H,23,28).